The zero-order valence-corrected chi connectivity index (χ0v) is 8.37. The lowest BCUT2D eigenvalue weighted by Crippen LogP contribution is -2.24. The Balaban J connectivity index is 2.32. The molecule has 1 fully saturated rings. The largest absolute Gasteiger partial charge is 0.316 e. The van der Waals surface area contributed by atoms with Gasteiger partial charge in [-0.25, -0.2) is 6.57 Å². The Kier molecular flexibility index (Phi) is 2.54. The maximum Gasteiger partial charge on any atom is 0.224 e. The molecule has 0 amide bonds. The van der Waals surface area contributed by atoms with Crippen molar-refractivity contribution in [1.29, 1.82) is 0 Å². The molecule has 0 radical (unpaired) electrons. The Hall–Kier alpha value is -1.29. The molecular weight excluding hydrogens is 170 g/mol. The van der Waals surface area contributed by atoms with Gasteiger partial charge in [-0.15, -0.1) is 0 Å². The van der Waals surface area contributed by atoms with Crippen LogP contribution in [0.5, 0.6) is 0 Å². The lowest BCUT2D eigenvalue weighted by Gasteiger charge is -2.23. The van der Waals surface area contributed by atoms with Crippen LogP contribution in [0.25, 0.3) is 4.85 Å². The molecule has 0 saturated heterocycles. The van der Waals surface area contributed by atoms with Gasteiger partial charge < -0.3 is 4.85 Å². The summed E-state index contributed by atoms with van der Waals surface area (Å²) in [5, 5.41) is 0. The van der Waals surface area contributed by atoms with Crippen molar-refractivity contribution in [2.24, 2.45) is 0 Å². The number of benzene rings is 1. The number of hydrogen-bond acceptors (Lipinski definition) is 0. The molecule has 72 valence electrons. The highest BCUT2D eigenvalue weighted by atomic mass is 14.7. The minimum Gasteiger partial charge on any atom is -0.316 e. The van der Waals surface area contributed by atoms with E-state index in [1.165, 1.54) is 31.2 Å². The molecular formula is C13H15N. The standard InChI is InChI=1S/C13H15N/c1-14-11-13(9-5-6-10-13)12-7-3-2-4-8-12/h2-4,7-8H,5-6,9-11H2. The molecule has 1 aromatic rings. The highest BCUT2D eigenvalue weighted by Crippen LogP contribution is 2.41. The van der Waals surface area contributed by atoms with E-state index < -0.39 is 0 Å². The first-order chi connectivity index (χ1) is 6.87. The third kappa shape index (κ3) is 1.53. The predicted molar refractivity (Wildman–Crippen MR) is 58.1 cm³/mol. The lowest BCUT2D eigenvalue weighted by molar-refractivity contribution is 0.478. The van der Waals surface area contributed by atoms with Crippen molar-refractivity contribution in [2.45, 2.75) is 31.1 Å². The third-order valence-corrected chi connectivity index (χ3v) is 3.33. The van der Waals surface area contributed by atoms with E-state index in [0.717, 1.165) is 0 Å². The summed E-state index contributed by atoms with van der Waals surface area (Å²) in [5.74, 6) is 0. The maximum absolute atomic E-state index is 7.07. The average Bonchev–Trinajstić information content (AvgIpc) is 2.70. The van der Waals surface area contributed by atoms with Gasteiger partial charge in [0, 0.05) is 0 Å². The van der Waals surface area contributed by atoms with Gasteiger partial charge in [0.1, 0.15) is 0 Å². The van der Waals surface area contributed by atoms with E-state index in [2.05, 4.69) is 29.1 Å². The summed E-state index contributed by atoms with van der Waals surface area (Å²) in [7, 11) is 0. The Bertz CT molecular complexity index is 328. The molecule has 1 aliphatic carbocycles. The molecule has 0 unspecified atom stereocenters. The molecule has 1 nitrogen and oxygen atoms in total. The molecule has 1 aliphatic rings. The summed E-state index contributed by atoms with van der Waals surface area (Å²) in [4.78, 5) is 3.62. The van der Waals surface area contributed by atoms with Crippen LogP contribution < -0.4 is 0 Å². The first-order valence-electron chi connectivity index (χ1n) is 5.26. The van der Waals surface area contributed by atoms with Crippen LogP contribution in [-0.4, -0.2) is 6.54 Å². The van der Waals surface area contributed by atoms with Gasteiger partial charge in [0.15, 0.2) is 0 Å². The van der Waals surface area contributed by atoms with E-state index in [-0.39, 0.29) is 5.41 Å². The van der Waals surface area contributed by atoms with Crippen LogP contribution >= 0.6 is 0 Å². The van der Waals surface area contributed by atoms with Crippen LogP contribution in [0.15, 0.2) is 30.3 Å². The van der Waals surface area contributed by atoms with Crippen molar-refractivity contribution in [3.05, 3.63) is 47.3 Å². The van der Waals surface area contributed by atoms with Gasteiger partial charge in [-0.3, -0.25) is 0 Å². The maximum atomic E-state index is 7.07. The van der Waals surface area contributed by atoms with Crippen molar-refractivity contribution in [2.75, 3.05) is 6.54 Å². The summed E-state index contributed by atoms with van der Waals surface area (Å²) >= 11 is 0. The second-order valence-electron chi connectivity index (χ2n) is 4.17. The highest BCUT2D eigenvalue weighted by Gasteiger charge is 2.38. The van der Waals surface area contributed by atoms with Gasteiger partial charge in [-0.05, 0) is 18.4 Å². The van der Waals surface area contributed by atoms with Gasteiger partial charge in [0.05, 0.1) is 5.41 Å². The first-order valence-corrected chi connectivity index (χ1v) is 5.26. The fourth-order valence-corrected chi connectivity index (χ4v) is 2.53. The van der Waals surface area contributed by atoms with Crippen molar-refractivity contribution in [3.8, 4) is 0 Å². The van der Waals surface area contributed by atoms with E-state index in [4.69, 9.17) is 6.57 Å². The summed E-state index contributed by atoms with van der Waals surface area (Å²) in [6.07, 6.45) is 4.95. The molecule has 1 heteroatoms. The molecule has 1 aromatic carbocycles. The summed E-state index contributed by atoms with van der Waals surface area (Å²) in [5.41, 5.74) is 1.55. The first kappa shape index (κ1) is 9.27. The molecule has 0 spiro atoms. The SMILES string of the molecule is [C-]#[N+]CC1(c2ccccc2)CCCC1. The Morgan fingerprint density at radius 3 is 2.36 bits per heavy atom. The smallest absolute Gasteiger partial charge is 0.224 e. The highest BCUT2D eigenvalue weighted by molar-refractivity contribution is 5.28. The number of hydrogen-bond donors (Lipinski definition) is 0. The van der Waals surface area contributed by atoms with Gasteiger partial charge in [-0.1, -0.05) is 43.2 Å². The van der Waals surface area contributed by atoms with E-state index in [0.29, 0.717) is 6.54 Å². The van der Waals surface area contributed by atoms with Gasteiger partial charge in [0.2, 0.25) is 6.54 Å². The second-order valence-corrected chi connectivity index (χ2v) is 4.17. The van der Waals surface area contributed by atoms with Crippen LogP contribution in [0.3, 0.4) is 0 Å². The van der Waals surface area contributed by atoms with Gasteiger partial charge >= 0.3 is 0 Å². The van der Waals surface area contributed by atoms with Crippen LogP contribution in [0.4, 0.5) is 0 Å². The fourth-order valence-electron chi connectivity index (χ4n) is 2.53. The minimum atomic E-state index is 0.184. The quantitative estimate of drug-likeness (QED) is 0.622. The van der Waals surface area contributed by atoms with E-state index in [1.54, 1.807) is 0 Å². The van der Waals surface area contributed by atoms with Crippen LogP contribution in [-0.2, 0) is 5.41 Å². The van der Waals surface area contributed by atoms with Crippen molar-refractivity contribution in [3.63, 3.8) is 0 Å². The molecule has 1 saturated carbocycles. The Morgan fingerprint density at radius 2 is 1.79 bits per heavy atom. The van der Waals surface area contributed by atoms with E-state index in [9.17, 15) is 0 Å². The minimum absolute atomic E-state index is 0.184. The molecule has 0 N–H and O–H groups in total. The van der Waals surface area contributed by atoms with Gasteiger partial charge in [0.25, 0.3) is 0 Å². The molecule has 14 heavy (non-hydrogen) atoms. The summed E-state index contributed by atoms with van der Waals surface area (Å²) in [6, 6.07) is 10.6. The van der Waals surface area contributed by atoms with E-state index >= 15 is 0 Å². The Morgan fingerprint density at radius 1 is 1.14 bits per heavy atom. The van der Waals surface area contributed by atoms with E-state index in [1.807, 2.05) is 6.07 Å². The number of nitrogens with zero attached hydrogens (tertiary/aromatic N) is 1. The molecule has 0 aliphatic heterocycles. The molecule has 2 rings (SSSR count). The molecule has 0 aromatic heterocycles. The van der Waals surface area contributed by atoms with Crippen molar-refractivity contribution < 1.29 is 0 Å². The van der Waals surface area contributed by atoms with Crippen molar-refractivity contribution in [1.82, 2.24) is 0 Å². The van der Waals surface area contributed by atoms with Crippen LogP contribution in [0.1, 0.15) is 31.2 Å². The molecule has 0 atom stereocenters. The second kappa shape index (κ2) is 3.84. The normalized spacial score (nSPS) is 19.1. The van der Waals surface area contributed by atoms with Crippen LogP contribution in [0, 0.1) is 6.57 Å². The zero-order valence-electron chi connectivity index (χ0n) is 8.37. The molecule has 0 bridgehead atoms. The average molecular weight is 185 g/mol. The summed E-state index contributed by atoms with van der Waals surface area (Å²) < 4.78 is 0. The van der Waals surface area contributed by atoms with Crippen molar-refractivity contribution >= 4 is 0 Å². The molecule has 0 heterocycles. The monoisotopic (exact) mass is 185 g/mol. The zero-order chi connectivity index (χ0) is 9.86. The fraction of sp³-hybridized carbons (Fsp3) is 0.462. The lowest BCUT2D eigenvalue weighted by atomic mass is 9.79. The summed E-state index contributed by atoms with van der Waals surface area (Å²) in [6.45, 7) is 7.73. The Labute approximate surface area is 85.6 Å². The predicted octanol–water partition coefficient (Wildman–Crippen LogP) is 3.42. The van der Waals surface area contributed by atoms with Gasteiger partial charge in [-0.2, -0.15) is 0 Å². The third-order valence-electron chi connectivity index (χ3n) is 3.33. The van der Waals surface area contributed by atoms with Crippen LogP contribution in [0.2, 0.25) is 0 Å². The number of rotatable bonds is 2. The topological polar surface area (TPSA) is 4.36 Å².